The summed E-state index contributed by atoms with van der Waals surface area (Å²) >= 11 is 0. The summed E-state index contributed by atoms with van der Waals surface area (Å²) in [6.45, 7) is 6.54. The van der Waals surface area contributed by atoms with Crippen molar-refractivity contribution >= 4 is 17.4 Å². The molecule has 0 radical (unpaired) electrons. The molecule has 0 saturated carbocycles. The predicted molar refractivity (Wildman–Crippen MR) is 132 cm³/mol. The van der Waals surface area contributed by atoms with E-state index in [2.05, 4.69) is 13.8 Å². The van der Waals surface area contributed by atoms with E-state index < -0.39 is 0 Å². The van der Waals surface area contributed by atoms with Gasteiger partial charge in [-0.2, -0.15) is 5.10 Å². The van der Waals surface area contributed by atoms with E-state index in [1.54, 1.807) is 24.1 Å². The predicted octanol–water partition coefficient (Wildman–Crippen LogP) is 5.91. The summed E-state index contributed by atoms with van der Waals surface area (Å²) in [5.41, 5.74) is 5.48. The third-order valence-corrected chi connectivity index (χ3v) is 6.48. The van der Waals surface area contributed by atoms with Crippen LogP contribution in [0.3, 0.4) is 0 Å². The summed E-state index contributed by atoms with van der Waals surface area (Å²) in [4.78, 5) is 15.1. The van der Waals surface area contributed by atoms with Crippen molar-refractivity contribution < 1.29 is 13.9 Å². The number of anilines is 1. The molecule has 2 aliphatic rings. The average Bonchev–Trinajstić information content (AvgIpc) is 3.38. The van der Waals surface area contributed by atoms with Gasteiger partial charge in [0, 0.05) is 30.6 Å². The van der Waals surface area contributed by atoms with E-state index in [1.165, 1.54) is 17.1 Å². The molecule has 6 heteroatoms. The number of ether oxygens (including phenoxy) is 1. The highest BCUT2D eigenvalue weighted by atomic mass is 19.1. The number of carbonyl (C=O) groups excluding carboxylic acids is 1. The highest BCUT2D eigenvalue weighted by Gasteiger charge is 2.35. The molecule has 0 saturated heterocycles. The second kappa shape index (κ2) is 8.28. The van der Waals surface area contributed by atoms with E-state index in [-0.39, 0.29) is 23.4 Å². The van der Waals surface area contributed by atoms with Crippen molar-refractivity contribution in [3.8, 4) is 5.75 Å². The smallest absolute Gasteiger partial charge is 0.344 e. The van der Waals surface area contributed by atoms with Crippen LogP contribution in [0.25, 0.3) is 0 Å². The third-order valence-electron chi connectivity index (χ3n) is 6.48. The zero-order chi connectivity index (χ0) is 24.0. The molecule has 2 heterocycles. The van der Waals surface area contributed by atoms with Gasteiger partial charge in [0.05, 0.1) is 12.3 Å². The average molecular weight is 458 g/mol. The number of halogens is 1. The van der Waals surface area contributed by atoms with Crippen LogP contribution in [0.2, 0.25) is 0 Å². The fraction of sp³-hybridized carbons (Fsp3) is 0.286. The van der Waals surface area contributed by atoms with E-state index in [0.29, 0.717) is 6.54 Å². The monoisotopic (exact) mass is 457 g/mol. The van der Waals surface area contributed by atoms with Crippen molar-refractivity contribution in [3.05, 3.63) is 94.8 Å². The zero-order valence-corrected chi connectivity index (χ0v) is 19.9. The first-order valence-corrected chi connectivity index (χ1v) is 11.5. The molecular weight excluding hydrogens is 429 g/mol. The van der Waals surface area contributed by atoms with Gasteiger partial charge < -0.3 is 4.74 Å². The lowest BCUT2D eigenvalue weighted by atomic mass is 9.90. The van der Waals surface area contributed by atoms with Gasteiger partial charge in [0.15, 0.2) is 0 Å². The van der Waals surface area contributed by atoms with Gasteiger partial charge in [-0.15, -0.1) is 0 Å². The van der Waals surface area contributed by atoms with Gasteiger partial charge in [-0.25, -0.2) is 14.2 Å². The first kappa shape index (κ1) is 22.1. The van der Waals surface area contributed by atoms with Crippen molar-refractivity contribution in [2.75, 3.05) is 18.5 Å². The number of nitrogens with zero attached hydrogens (tertiary/aromatic N) is 3. The summed E-state index contributed by atoms with van der Waals surface area (Å²) in [5, 5.41) is 6.26. The van der Waals surface area contributed by atoms with Gasteiger partial charge in [-0.1, -0.05) is 42.0 Å². The number of carbonyl (C=O) groups is 1. The van der Waals surface area contributed by atoms with Gasteiger partial charge >= 0.3 is 6.03 Å². The quantitative estimate of drug-likeness (QED) is 0.491. The van der Waals surface area contributed by atoms with Crippen molar-refractivity contribution in [3.63, 3.8) is 0 Å². The molecule has 0 bridgehead atoms. The van der Waals surface area contributed by atoms with Crippen LogP contribution in [0.5, 0.6) is 5.75 Å². The minimum atomic E-state index is -0.285. The van der Waals surface area contributed by atoms with Crippen LogP contribution in [-0.4, -0.2) is 35.9 Å². The lowest BCUT2D eigenvalue weighted by Gasteiger charge is -2.23. The van der Waals surface area contributed by atoms with E-state index in [1.807, 2.05) is 49.4 Å². The maximum Gasteiger partial charge on any atom is 0.344 e. The van der Waals surface area contributed by atoms with Crippen molar-refractivity contribution in [1.29, 1.82) is 0 Å². The summed E-state index contributed by atoms with van der Waals surface area (Å²) < 4.78 is 19.5. The first-order valence-electron chi connectivity index (χ1n) is 11.5. The highest BCUT2D eigenvalue weighted by Crippen LogP contribution is 2.37. The fourth-order valence-electron chi connectivity index (χ4n) is 4.65. The number of benzene rings is 3. The van der Waals surface area contributed by atoms with Crippen LogP contribution in [-0.2, 0) is 6.42 Å². The molecule has 174 valence electrons. The molecule has 0 aromatic heterocycles. The minimum absolute atomic E-state index is 0.144. The number of aryl methyl sites for hydroxylation is 1. The Kier molecular flexibility index (Phi) is 5.39. The van der Waals surface area contributed by atoms with Crippen LogP contribution < -0.4 is 9.64 Å². The lowest BCUT2D eigenvalue weighted by Crippen LogP contribution is -2.37. The van der Waals surface area contributed by atoms with Crippen molar-refractivity contribution in [2.45, 2.75) is 38.7 Å². The van der Waals surface area contributed by atoms with E-state index in [9.17, 15) is 9.18 Å². The summed E-state index contributed by atoms with van der Waals surface area (Å²) in [6, 6.07) is 20.2. The second-order valence-electron chi connectivity index (χ2n) is 9.71. The first-order chi connectivity index (χ1) is 16.2. The van der Waals surface area contributed by atoms with Gasteiger partial charge in [0.25, 0.3) is 0 Å². The number of hydrazone groups is 1. The number of rotatable bonds is 3. The Labute approximate surface area is 199 Å². The molecule has 0 fully saturated rings. The Hall–Kier alpha value is -3.67. The highest BCUT2D eigenvalue weighted by molar-refractivity contribution is 6.08. The molecule has 1 atom stereocenters. The molecule has 0 N–H and O–H groups in total. The maximum atomic E-state index is 13.6. The SMILES string of the molecule is Cc1ccc(C2=NN(C(=O)N(C)c3ccc4c(c3)CC(C)(C)O4)CC2c2ccc(F)cc2)cc1. The number of amides is 2. The van der Waals surface area contributed by atoms with Crippen LogP contribution in [0, 0.1) is 12.7 Å². The Morgan fingerprint density at radius 1 is 1.09 bits per heavy atom. The van der Waals surface area contributed by atoms with E-state index in [4.69, 9.17) is 9.84 Å². The van der Waals surface area contributed by atoms with E-state index >= 15 is 0 Å². The van der Waals surface area contributed by atoms with Gasteiger partial charge in [-0.3, -0.25) is 4.90 Å². The minimum Gasteiger partial charge on any atom is -0.487 e. The Morgan fingerprint density at radius 3 is 2.50 bits per heavy atom. The van der Waals surface area contributed by atoms with Crippen LogP contribution in [0.4, 0.5) is 14.9 Å². The molecule has 0 spiro atoms. The van der Waals surface area contributed by atoms with Gasteiger partial charge in [0.1, 0.15) is 17.2 Å². The van der Waals surface area contributed by atoms with Crippen molar-refractivity contribution in [1.82, 2.24) is 5.01 Å². The Bertz CT molecular complexity index is 1270. The molecular formula is C28H28FN3O2. The molecule has 3 aromatic rings. The van der Waals surface area contributed by atoms with E-state index in [0.717, 1.165) is 45.8 Å². The molecule has 2 amide bonds. The largest absolute Gasteiger partial charge is 0.487 e. The van der Waals surface area contributed by atoms with Crippen LogP contribution >= 0.6 is 0 Å². The number of hydrogen-bond acceptors (Lipinski definition) is 3. The number of fused-ring (bicyclic) bond motifs is 1. The molecule has 5 rings (SSSR count). The summed E-state index contributed by atoms with van der Waals surface area (Å²) in [6.07, 6.45) is 0.796. The summed E-state index contributed by atoms with van der Waals surface area (Å²) in [7, 11) is 1.76. The van der Waals surface area contributed by atoms with Crippen LogP contribution in [0.15, 0.2) is 71.8 Å². The molecule has 5 nitrogen and oxygen atoms in total. The second-order valence-corrected chi connectivity index (χ2v) is 9.71. The zero-order valence-electron chi connectivity index (χ0n) is 19.9. The molecule has 2 aliphatic heterocycles. The summed E-state index contributed by atoms with van der Waals surface area (Å²) in [5.74, 6) is 0.439. The molecule has 0 aliphatic carbocycles. The maximum absolute atomic E-state index is 13.6. The van der Waals surface area contributed by atoms with Gasteiger partial charge in [-0.05, 0) is 62.2 Å². The molecule has 1 unspecified atom stereocenters. The standard InChI is InChI=1S/C28H28FN3O2/c1-18-5-7-20(8-6-18)26-24(19-9-11-22(29)12-10-19)17-32(30-26)27(33)31(4)23-13-14-25-21(15-23)16-28(2,3)34-25/h5-15,24H,16-17H2,1-4H3. The molecule has 3 aromatic carbocycles. The normalized spacial score (nSPS) is 18.3. The molecule has 34 heavy (non-hydrogen) atoms. The van der Waals surface area contributed by atoms with Crippen LogP contribution in [0.1, 0.15) is 42.0 Å². The Balaban J connectivity index is 1.44. The number of hydrogen-bond donors (Lipinski definition) is 0. The number of urea groups is 1. The lowest BCUT2D eigenvalue weighted by molar-refractivity contribution is 0.138. The Morgan fingerprint density at radius 2 is 1.79 bits per heavy atom. The van der Waals surface area contributed by atoms with Gasteiger partial charge in [0.2, 0.25) is 0 Å². The fourth-order valence-corrected chi connectivity index (χ4v) is 4.65. The third kappa shape index (κ3) is 4.16. The topological polar surface area (TPSA) is 45.1 Å². The van der Waals surface area contributed by atoms with Crippen molar-refractivity contribution in [2.24, 2.45) is 5.10 Å².